The first-order valence-corrected chi connectivity index (χ1v) is 12.2. The highest BCUT2D eigenvalue weighted by molar-refractivity contribution is 9.10. The van der Waals surface area contributed by atoms with Gasteiger partial charge in [0.2, 0.25) is 0 Å². The smallest absolute Gasteiger partial charge is 0.260 e. The van der Waals surface area contributed by atoms with Gasteiger partial charge in [-0.15, -0.1) is 0 Å². The lowest BCUT2D eigenvalue weighted by molar-refractivity contribution is -0.116. The molecule has 5 nitrogen and oxygen atoms in total. The minimum absolute atomic E-state index is 0.146. The van der Waals surface area contributed by atoms with Crippen molar-refractivity contribution >= 4 is 57.0 Å². The normalized spacial score (nSPS) is 16.5. The van der Waals surface area contributed by atoms with Crippen LogP contribution in [0.15, 0.2) is 70.0 Å². The fourth-order valence-electron chi connectivity index (χ4n) is 3.27. The van der Waals surface area contributed by atoms with Gasteiger partial charge in [0.25, 0.3) is 5.91 Å². The maximum atomic E-state index is 12.6. The van der Waals surface area contributed by atoms with Gasteiger partial charge in [-0.2, -0.15) is 0 Å². The summed E-state index contributed by atoms with van der Waals surface area (Å²) >= 11 is 11.1. The van der Waals surface area contributed by atoms with Gasteiger partial charge in [-0.05, 0) is 54.0 Å². The SMILES string of the molecule is COc1cc(/C=C2\SC(Nc3cc(Cl)ccc3C)NC2=O)c(Br)cc1OCc1ccccc1. The number of benzene rings is 3. The van der Waals surface area contributed by atoms with Crippen LogP contribution in [0.25, 0.3) is 6.08 Å². The number of ether oxygens (including phenoxy) is 2. The minimum Gasteiger partial charge on any atom is -0.493 e. The standard InChI is InChI=1S/C25H22BrClN2O3S/c1-15-8-9-18(27)12-20(15)28-25-29-24(30)23(33-25)11-17-10-21(31-2)22(13-19(17)26)32-14-16-6-4-3-5-7-16/h3-13,25,28H,14H2,1-2H3,(H,29,30)/b23-11-. The highest BCUT2D eigenvalue weighted by atomic mass is 79.9. The van der Waals surface area contributed by atoms with Gasteiger partial charge in [0.05, 0.1) is 12.0 Å². The van der Waals surface area contributed by atoms with Gasteiger partial charge in [-0.3, -0.25) is 4.79 Å². The number of carbonyl (C=O) groups is 1. The molecular formula is C25H22BrClN2O3S. The number of anilines is 1. The molecule has 4 rings (SSSR count). The van der Waals surface area contributed by atoms with E-state index in [2.05, 4.69) is 26.6 Å². The third-order valence-electron chi connectivity index (χ3n) is 5.02. The van der Waals surface area contributed by atoms with E-state index in [1.165, 1.54) is 11.8 Å². The Balaban J connectivity index is 1.50. The molecule has 0 radical (unpaired) electrons. The van der Waals surface area contributed by atoms with Crippen LogP contribution in [0.4, 0.5) is 5.69 Å². The van der Waals surface area contributed by atoms with Gasteiger partial charge < -0.3 is 20.1 Å². The Kier molecular flexibility index (Phi) is 7.53. The molecule has 1 aliphatic heterocycles. The number of amides is 1. The molecule has 0 bridgehead atoms. The van der Waals surface area contributed by atoms with Crippen LogP contribution in [0.2, 0.25) is 5.02 Å². The van der Waals surface area contributed by atoms with E-state index in [0.717, 1.165) is 26.9 Å². The van der Waals surface area contributed by atoms with Crippen LogP contribution in [0.3, 0.4) is 0 Å². The molecule has 8 heteroatoms. The summed E-state index contributed by atoms with van der Waals surface area (Å²) in [6.07, 6.45) is 1.83. The third kappa shape index (κ3) is 5.85. The number of hydrogen-bond donors (Lipinski definition) is 2. The molecule has 1 fully saturated rings. The summed E-state index contributed by atoms with van der Waals surface area (Å²) in [5.41, 5.74) is 3.51. The van der Waals surface area contributed by atoms with E-state index in [-0.39, 0.29) is 11.4 Å². The average Bonchev–Trinajstić information content (AvgIpc) is 3.15. The Hall–Kier alpha value is -2.61. The second kappa shape index (κ2) is 10.5. The zero-order valence-electron chi connectivity index (χ0n) is 18.0. The summed E-state index contributed by atoms with van der Waals surface area (Å²) in [6.45, 7) is 2.42. The number of methoxy groups -OCH3 is 1. The quantitative estimate of drug-likeness (QED) is 0.328. The van der Waals surface area contributed by atoms with Gasteiger partial charge in [0.15, 0.2) is 17.0 Å². The topological polar surface area (TPSA) is 59.6 Å². The molecule has 170 valence electrons. The predicted molar refractivity (Wildman–Crippen MR) is 139 cm³/mol. The zero-order valence-corrected chi connectivity index (χ0v) is 21.2. The number of thioether (sulfide) groups is 1. The first kappa shape index (κ1) is 23.5. The Morgan fingerprint density at radius 2 is 1.94 bits per heavy atom. The van der Waals surface area contributed by atoms with Gasteiger partial charge in [0.1, 0.15) is 6.61 Å². The van der Waals surface area contributed by atoms with E-state index < -0.39 is 0 Å². The van der Waals surface area contributed by atoms with E-state index in [1.807, 2.05) is 73.7 Å². The molecule has 1 amide bonds. The molecular weight excluding hydrogens is 524 g/mol. The Morgan fingerprint density at radius 3 is 2.70 bits per heavy atom. The molecule has 1 saturated heterocycles. The summed E-state index contributed by atoms with van der Waals surface area (Å²) in [6, 6.07) is 19.3. The predicted octanol–water partition coefficient (Wildman–Crippen LogP) is 6.60. The van der Waals surface area contributed by atoms with Crippen molar-refractivity contribution in [3.8, 4) is 11.5 Å². The molecule has 0 spiro atoms. The Bertz CT molecular complexity index is 1200. The zero-order chi connectivity index (χ0) is 23.4. The van der Waals surface area contributed by atoms with E-state index >= 15 is 0 Å². The summed E-state index contributed by atoms with van der Waals surface area (Å²) < 4.78 is 12.3. The van der Waals surface area contributed by atoms with E-state index in [1.54, 1.807) is 7.11 Å². The number of rotatable bonds is 7. The molecule has 3 aromatic carbocycles. The number of halogens is 2. The molecule has 0 saturated carbocycles. The number of nitrogens with one attached hydrogen (secondary N) is 2. The van der Waals surface area contributed by atoms with Crippen molar-refractivity contribution in [1.29, 1.82) is 0 Å². The Morgan fingerprint density at radius 1 is 1.15 bits per heavy atom. The third-order valence-corrected chi connectivity index (χ3v) is 6.97. The first-order valence-electron chi connectivity index (χ1n) is 10.2. The van der Waals surface area contributed by atoms with Gasteiger partial charge in [-0.1, -0.05) is 75.7 Å². The molecule has 1 atom stereocenters. The van der Waals surface area contributed by atoms with Crippen molar-refractivity contribution in [2.75, 3.05) is 12.4 Å². The number of carbonyl (C=O) groups excluding carboxylic acids is 1. The molecule has 0 aliphatic carbocycles. The van der Waals surface area contributed by atoms with Crippen molar-refractivity contribution < 1.29 is 14.3 Å². The largest absolute Gasteiger partial charge is 0.493 e. The lowest BCUT2D eigenvalue weighted by Gasteiger charge is -2.15. The monoisotopic (exact) mass is 544 g/mol. The van der Waals surface area contributed by atoms with Gasteiger partial charge in [0, 0.05) is 15.2 Å². The van der Waals surface area contributed by atoms with Crippen LogP contribution in [0.5, 0.6) is 11.5 Å². The van der Waals surface area contributed by atoms with Crippen LogP contribution in [0.1, 0.15) is 16.7 Å². The van der Waals surface area contributed by atoms with Crippen molar-refractivity contribution in [3.63, 3.8) is 0 Å². The van der Waals surface area contributed by atoms with Crippen LogP contribution in [0, 0.1) is 6.92 Å². The molecule has 1 unspecified atom stereocenters. The lowest BCUT2D eigenvalue weighted by Crippen LogP contribution is -2.31. The van der Waals surface area contributed by atoms with Crippen molar-refractivity contribution in [1.82, 2.24) is 5.32 Å². The van der Waals surface area contributed by atoms with Crippen molar-refractivity contribution in [3.05, 3.63) is 91.8 Å². The van der Waals surface area contributed by atoms with Crippen molar-refractivity contribution in [2.45, 2.75) is 19.0 Å². The second-order valence-corrected chi connectivity index (χ2v) is 9.82. The fourth-order valence-corrected chi connectivity index (χ4v) is 4.84. The number of aryl methyl sites for hydroxylation is 1. The maximum Gasteiger partial charge on any atom is 0.260 e. The molecule has 1 heterocycles. The van der Waals surface area contributed by atoms with E-state index in [0.29, 0.717) is 28.0 Å². The van der Waals surface area contributed by atoms with Gasteiger partial charge in [-0.25, -0.2) is 0 Å². The number of hydrogen-bond acceptors (Lipinski definition) is 5. The highest BCUT2D eigenvalue weighted by Crippen LogP contribution is 2.38. The van der Waals surface area contributed by atoms with Crippen LogP contribution in [-0.4, -0.2) is 18.5 Å². The molecule has 3 aromatic rings. The molecule has 33 heavy (non-hydrogen) atoms. The lowest BCUT2D eigenvalue weighted by atomic mass is 10.1. The molecule has 0 aromatic heterocycles. The first-order chi connectivity index (χ1) is 15.9. The average molecular weight is 546 g/mol. The fraction of sp³-hybridized carbons (Fsp3) is 0.160. The molecule has 1 aliphatic rings. The Labute approximate surface area is 210 Å². The minimum atomic E-state index is -0.296. The van der Waals surface area contributed by atoms with Gasteiger partial charge >= 0.3 is 0 Å². The summed E-state index contributed by atoms with van der Waals surface area (Å²) in [7, 11) is 1.60. The summed E-state index contributed by atoms with van der Waals surface area (Å²) in [5.74, 6) is 1.07. The summed E-state index contributed by atoms with van der Waals surface area (Å²) in [4.78, 5) is 13.2. The second-order valence-electron chi connectivity index (χ2n) is 7.38. The van der Waals surface area contributed by atoms with Crippen LogP contribution >= 0.6 is 39.3 Å². The highest BCUT2D eigenvalue weighted by Gasteiger charge is 2.28. The summed E-state index contributed by atoms with van der Waals surface area (Å²) in [5, 5.41) is 6.91. The molecule has 2 N–H and O–H groups in total. The van der Waals surface area contributed by atoms with Crippen LogP contribution < -0.4 is 20.1 Å². The van der Waals surface area contributed by atoms with E-state index in [9.17, 15) is 4.79 Å². The van der Waals surface area contributed by atoms with Crippen LogP contribution in [-0.2, 0) is 11.4 Å². The maximum absolute atomic E-state index is 12.6. The van der Waals surface area contributed by atoms with Crippen molar-refractivity contribution in [2.24, 2.45) is 0 Å². The van der Waals surface area contributed by atoms with E-state index in [4.69, 9.17) is 21.1 Å².